The maximum Gasteiger partial charge on any atom is 0.0895 e. The monoisotopic (exact) mass is 228 g/mol. The molecule has 1 heterocycles. The number of rotatable bonds is 6. The van der Waals surface area contributed by atoms with Crippen LogP contribution in [0, 0.1) is 5.92 Å². The second-order valence-corrected chi connectivity index (χ2v) is 5.34. The minimum absolute atomic E-state index is 0.246. The number of nitrogens with one attached hydrogen (secondary N) is 2. The Morgan fingerprint density at radius 1 is 1.44 bits per heavy atom. The zero-order valence-electron chi connectivity index (χ0n) is 11.1. The average Bonchev–Trinajstić information content (AvgIpc) is 2.29. The average molecular weight is 228 g/mol. The molecule has 0 saturated carbocycles. The van der Waals surface area contributed by atoms with Crippen molar-refractivity contribution in [3.05, 3.63) is 0 Å². The molecule has 3 atom stereocenters. The van der Waals surface area contributed by atoms with E-state index in [-0.39, 0.29) is 6.04 Å². The van der Waals surface area contributed by atoms with E-state index in [0.29, 0.717) is 6.54 Å². The summed E-state index contributed by atoms with van der Waals surface area (Å²) in [5.41, 5.74) is -0.622. The SMILES string of the molecule is CCCNCC(C)(O)C1CC(CC)CCN1. The first-order chi connectivity index (χ1) is 7.60. The lowest BCUT2D eigenvalue weighted by Gasteiger charge is -2.39. The van der Waals surface area contributed by atoms with Crippen molar-refractivity contribution in [2.75, 3.05) is 19.6 Å². The Morgan fingerprint density at radius 2 is 2.19 bits per heavy atom. The van der Waals surface area contributed by atoms with E-state index in [1.165, 1.54) is 12.8 Å². The molecule has 1 aliphatic heterocycles. The second kappa shape index (κ2) is 6.58. The molecule has 1 aliphatic rings. The van der Waals surface area contributed by atoms with Crippen molar-refractivity contribution in [2.45, 2.75) is 58.1 Å². The molecule has 96 valence electrons. The lowest BCUT2D eigenvalue weighted by atomic mass is 9.82. The number of piperidine rings is 1. The molecule has 0 aromatic carbocycles. The standard InChI is InChI=1S/C13H28N2O/c1-4-7-14-10-13(3,16)12-9-11(5-2)6-8-15-12/h11-12,14-16H,4-10H2,1-3H3. The van der Waals surface area contributed by atoms with Crippen molar-refractivity contribution in [3.8, 4) is 0 Å². The molecule has 3 nitrogen and oxygen atoms in total. The summed E-state index contributed by atoms with van der Waals surface area (Å²) >= 11 is 0. The van der Waals surface area contributed by atoms with Crippen molar-refractivity contribution >= 4 is 0 Å². The summed E-state index contributed by atoms with van der Waals surface area (Å²) in [7, 11) is 0. The van der Waals surface area contributed by atoms with Crippen LogP contribution in [0.15, 0.2) is 0 Å². The number of hydrogen-bond donors (Lipinski definition) is 3. The highest BCUT2D eigenvalue weighted by atomic mass is 16.3. The highest BCUT2D eigenvalue weighted by Crippen LogP contribution is 2.25. The van der Waals surface area contributed by atoms with Gasteiger partial charge in [-0.3, -0.25) is 0 Å². The Bertz CT molecular complexity index is 194. The van der Waals surface area contributed by atoms with E-state index in [0.717, 1.165) is 31.8 Å². The topological polar surface area (TPSA) is 44.3 Å². The van der Waals surface area contributed by atoms with Gasteiger partial charge in [0.25, 0.3) is 0 Å². The molecule has 1 saturated heterocycles. The molecule has 0 amide bonds. The maximum atomic E-state index is 10.5. The first-order valence-corrected chi connectivity index (χ1v) is 6.76. The molecule has 1 rings (SSSR count). The molecular formula is C13H28N2O. The summed E-state index contributed by atoms with van der Waals surface area (Å²) in [6.45, 7) is 9.07. The van der Waals surface area contributed by atoms with E-state index in [2.05, 4.69) is 24.5 Å². The summed E-state index contributed by atoms with van der Waals surface area (Å²) < 4.78 is 0. The van der Waals surface area contributed by atoms with Crippen LogP contribution in [-0.2, 0) is 0 Å². The Balaban J connectivity index is 2.40. The smallest absolute Gasteiger partial charge is 0.0895 e. The van der Waals surface area contributed by atoms with E-state index in [9.17, 15) is 5.11 Å². The molecule has 0 aliphatic carbocycles. The van der Waals surface area contributed by atoms with Crippen molar-refractivity contribution in [2.24, 2.45) is 5.92 Å². The van der Waals surface area contributed by atoms with Gasteiger partial charge < -0.3 is 15.7 Å². The summed E-state index contributed by atoms with van der Waals surface area (Å²) in [6.07, 6.45) is 4.71. The van der Waals surface area contributed by atoms with Gasteiger partial charge in [0.2, 0.25) is 0 Å². The van der Waals surface area contributed by atoms with Crippen molar-refractivity contribution in [1.82, 2.24) is 10.6 Å². The highest BCUT2D eigenvalue weighted by molar-refractivity contribution is 4.93. The van der Waals surface area contributed by atoms with Gasteiger partial charge in [-0.2, -0.15) is 0 Å². The predicted octanol–water partition coefficient (Wildman–Crippen LogP) is 1.52. The van der Waals surface area contributed by atoms with Gasteiger partial charge in [0, 0.05) is 12.6 Å². The van der Waals surface area contributed by atoms with Crippen molar-refractivity contribution in [1.29, 1.82) is 0 Å². The van der Waals surface area contributed by atoms with Gasteiger partial charge >= 0.3 is 0 Å². The fourth-order valence-corrected chi connectivity index (χ4v) is 2.48. The molecule has 0 spiro atoms. The van der Waals surface area contributed by atoms with Crippen LogP contribution >= 0.6 is 0 Å². The lowest BCUT2D eigenvalue weighted by molar-refractivity contribution is 0.00234. The van der Waals surface area contributed by atoms with Crippen LogP contribution in [0.25, 0.3) is 0 Å². The number of hydrogen-bond acceptors (Lipinski definition) is 3. The fraction of sp³-hybridized carbons (Fsp3) is 1.00. The molecule has 1 fully saturated rings. The van der Waals surface area contributed by atoms with E-state index in [4.69, 9.17) is 0 Å². The van der Waals surface area contributed by atoms with Crippen LogP contribution < -0.4 is 10.6 Å². The molecule has 0 bridgehead atoms. The van der Waals surface area contributed by atoms with E-state index >= 15 is 0 Å². The zero-order chi connectivity index (χ0) is 12.0. The number of aliphatic hydroxyl groups is 1. The van der Waals surface area contributed by atoms with Crippen molar-refractivity contribution < 1.29 is 5.11 Å². The van der Waals surface area contributed by atoms with Crippen LogP contribution in [0.4, 0.5) is 0 Å². The van der Waals surface area contributed by atoms with E-state index in [1.807, 2.05) is 6.92 Å². The predicted molar refractivity (Wildman–Crippen MR) is 68.6 cm³/mol. The third-order valence-electron chi connectivity index (χ3n) is 3.75. The first kappa shape index (κ1) is 13.9. The van der Waals surface area contributed by atoms with Crippen LogP contribution in [-0.4, -0.2) is 36.4 Å². The van der Waals surface area contributed by atoms with Crippen LogP contribution in [0.5, 0.6) is 0 Å². The Kier molecular flexibility index (Phi) is 5.73. The third-order valence-corrected chi connectivity index (χ3v) is 3.75. The van der Waals surface area contributed by atoms with Crippen LogP contribution in [0.2, 0.25) is 0 Å². The molecule has 0 aromatic rings. The van der Waals surface area contributed by atoms with Crippen molar-refractivity contribution in [3.63, 3.8) is 0 Å². The summed E-state index contributed by atoms with van der Waals surface area (Å²) in [6, 6.07) is 0.246. The first-order valence-electron chi connectivity index (χ1n) is 6.76. The highest BCUT2D eigenvalue weighted by Gasteiger charge is 2.34. The molecule has 3 N–H and O–H groups in total. The van der Waals surface area contributed by atoms with Gasteiger partial charge in [-0.25, -0.2) is 0 Å². The second-order valence-electron chi connectivity index (χ2n) is 5.34. The summed E-state index contributed by atoms with van der Waals surface area (Å²) in [4.78, 5) is 0. The molecule has 3 unspecified atom stereocenters. The Morgan fingerprint density at radius 3 is 2.81 bits per heavy atom. The Labute approximate surface area is 100 Å². The fourth-order valence-electron chi connectivity index (χ4n) is 2.48. The zero-order valence-corrected chi connectivity index (χ0v) is 11.1. The largest absolute Gasteiger partial charge is 0.387 e. The molecule has 0 radical (unpaired) electrons. The molecular weight excluding hydrogens is 200 g/mol. The van der Waals surface area contributed by atoms with Crippen LogP contribution in [0.1, 0.15) is 46.5 Å². The molecule has 16 heavy (non-hydrogen) atoms. The van der Waals surface area contributed by atoms with Crippen LogP contribution in [0.3, 0.4) is 0 Å². The minimum Gasteiger partial charge on any atom is -0.387 e. The maximum absolute atomic E-state index is 10.5. The lowest BCUT2D eigenvalue weighted by Crippen LogP contribution is -2.57. The normalized spacial score (nSPS) is 30.0. The Hall–Kier alpha value is -0.120. The van der Waals surface area contributed by atoms with E-state index < -0.39 is 5.60 Å². The minimum atomic E-state index is -0.622. The molecule has 3 heteroatoms. The molecule has 0 aromatic heterocycles. The van der Waals surface area contributed by atoms with Gasteiger partial charge in [-0.05, 0) is 45.2 Å². The van der Waals surface area contributed by atoms with Gasteiger partial charge in [0.1, 0.15) is 0 Å². The summed E-state index contributed by atoms with van der Waals surface area (Å²) in [5.74, 6) is 0.781. The quantitative estimate of drug-likeness (QED) is 0.604. The third kappa shape index (κ3) is 4.04. The van der Waals surface area contributed by atoms with E-state index in [1.54, 1.807) is 0 Å². The van der Waals surface area contributed by atoms with Gasteiger partial charge in [-0.15, -0.1) is 0 Å². The van der Waals surface area contributed by atoms with Gasteiger partial charge in [0.05, 0.1) is 5.60 Å². The van der Waals surface area contributed by atoms with Gasteiger partial charge in [-0.1, -0.05) is 20.3 Å². The summed E-state index contributed by atoms with van der Waals surface area (Å²) in [5, 5.41) is 17.2. The van der Waals surface area contributed by atoms with Gasteiger partial charge in [0.15, 0.2) is 0 Å².